The molecule has 3 nitrogen and oxygen atoms in total. The fraction of sp³-hybridized carbons (Fsp3) is 0.750. The first-order valence-corrected chi connectivity index (χ1v) is 7.03. The lowest BCUT2D eigenvalue weighted by Gasteiger charge is -2.21. The van der Waals surface area contributed by atoms with E-state index in [9.17, 15) is 0 Å². The Morgan fingerprint density at radius 2 is 2.50 bits per heavy atom. The number of hydrogen-bond acceptors (Lipinski definition) is 4. The van der Waals surface area contributed by atoms with E-state index in [2.05, 4.69) is 22.6 Å². The summed E-state index contributed by atoms with van der Waals surface area (Å²) >= 11 is 1.72. The van der Waals surface area contributed by atoms with Gasteiger partial charge in [0.15, 0.2) is 0 Å². The summed E-state index contributed by atoms with van der Waals surface area (Å²) in [4.78, 5) is 4.64. The average molecular weight is 240 g/mol. The Hall–Kier alpha value is -0.450. The van der Waals surface area contributed by atoms with E-state index in [1.807, 2.05) is 0 Å². The van der Waals surface area contributed by atoms with Crippen LogP contribution in [-0.4, -0.2) is 18.1 Å². The van der Waals surface area contributed by atoms with Crippen molar-refractivity contribution in [3.05, 3.63) is 16.1 Å². The lowest BCUT2D eigenvalue weighted by Crippen LogP contribution is -2.26. The van der Waals surface area contributed by atoms with Crippen LogP contribution in [0.4, 0.5) is 0 Å². The predicted molar refractivity (Wildman–Crippen MR) is 66.7 cm³/mol. The summed E-state index contributed by atoms with van der Waals surface area (Å²) in [6, 6.07) is 0.477. The molecule has 1 aliphatic rings. The maximum absolute atomic E-state index is 5.50. The molecule has 1 N–H and O–H groups in total. The minimum Gasteiger partial charge on any atom is -0.374 e. The van der Waals surface area contributed by atoms with Gasteiger partial charge >= 0.3 is 0 Å². The van der Waals surface area contributed by atoms with Gasteiger partial charge in [0.1, 0.15) is 5.01 Å². The van der Waals surface area contributed by atoms with Gasteiger partial charge in [-0.3, -0.25) is 0 Å². The van der Waals surface area contributed by atoms with Crippen LogP contribution < -0.4 is 5.32 Å². The van der Waals surface area contributed by atoms with Crippen molar-refractivity contribution in [2.75, 3.05) is 13.2 Å². The molecule has 0 aromatic carbocycles. The maximum atomic E-state index is 5.50. The van der Waals surface area contributed by atoms with Gasteiger partial charge in [-0.15, -0.1) is 11.3 Å². The summed E-state index contributed by atoms with van der Waals surface area (Å²) in [6.45, 7) is 4.75. The molecule has 1 aliphatic heterocycles. The van der Waals surface area contributed by atoms with Crippen molar-refractivity contribution >= 4 is 11.3 Å². The first-order valence-electron chi connectivity index (χ1n) is 6.15. The van der Waals surface area contributed by atoms with Crippen LogP contribution in [0.3, 0.4) is 0 Å². The molecule has 0 radical (unpaired) electrons. The zero-order chi connectivity index (χ0) is 11.2. The first-order chi connectivity index (χ1) is 7.90. The van der Waals surface area contributed by atoms with Crippen LogP contribution >= 0.6 is 11.3 Å². The van der Waals surface area contributed by atoms with Crippen LogP contribution in [-0.2, 0) is 11.3 Å². The zero-order valence-corrected chi connectivity index (χ0v) is 10.7. The number of piperidine rings is 1. The van der Waals surface area contributed by atoms with Crippen LogP contribution in [0.15, 0.2) is 5.38 Å². The topological polar surface area (TPSA) is 34.1 Å². The van der Waals surface area contributed by atoms with Gasteiger partial charge < -0.3 is 10.1 Å². The molecule has 0 saturated carbocycles. The lowest BCUT2D eigenvalue weighted by molar-refractivity contribution is 0.121. The highest BCUT2D eigenvalue weighted by Crippen LogP contribution is 2.24. The summed E-state index contributed by atoms with van der Waals surface area (Å²) in [5, 5.41) is 6.80. The Labute approximate surface area is 101 Å². The summed E-state index contributed by atoms with van der Waals surface area (Å²) < 4.78 is 5.50. The van der Waals surface area contributed by atoms with Crippen molar-refractivity contribution in [2.24, 2.45) is 0 Å². The van der Waals surface area contributed by atoms with Crippen LogP contribution in [0.1, 0.15) is 49.4 Å². The standard InChI is InChI=1S/C12H20N2OS/c1-2-7-15-8-12-14-11(9-16-12)10-5-3-4-6-13-10/h9-10,13H,2-8H2,1H3. The molecule has 2 rings (SSSR count). The van der Waals surface area contributed by atoms with Crippen molar-refractivity contribution in [3.8, 4) is 0 Å². The molecule has 1 aromatic heterocycles. The molecule has 90 valence electrons. The van der Waals surface area contributed by atoms with Gasteiger partial charge in [0.2, 0.25) is 0 Å². The smallest absolute Gasteiger partial charge is 0.119 e. The van der Waals surface area contributed by atoms with Crippen LogP contribution in [0.25, 0.3) is 0 Å². The Bertz CT molecular complexity index is 308. The molecule has 1 atom stereocenters. The molecule has 0 amide bonds. The van der Waals surface area contributed by atoms with E-state index in [1.54, 1.807) is 11.3 Å². The number of nitrogens with one attached hydrogen (secondary N) is 1. The van der Waals surface area contributed by atoms with E-state index in [4.69, 9.17) is 4.74 Å². The molecule has 16 heavy (non-hydrogen) atoms. The number of ether oxygens (including phenoxy) is 1. The molecular weight excluding hydrogens is 220 g/mol. The van der Waals surface area contributed by atoms with Crippen LogP contribution in [0.5, 0.6) is 0 Å². The number of nitrogens with zero attached hydrogens (tertiary/aromatic N) is 1. The lowest BCUT2D eigenvalue weighted by atomic mass is 10.0. The molecule has 4 heteroatoms. The number of thiazole rings is 1. The van der Waals surface area contributed by atoms with Crippen molar-refractivity contribution in [1.29, 1.82) is 0 Å². The van der Waals surface area contributed by atoms with Gasteiger partial charge in [0.05, 0.1) is 18.3 Å². The third-order valence-corrected chi connectivity index (χ3v) is 3.65. The Morgan fingerprint density at radius 1 is 1.56 bits per heavy atom. The average Bonchev–Trinajstić information content (AvgIpc) is 2.79. The van der Waals surface area contributed by atoms with Crippen molar-refractivity contribution in [3.63, 3.8) is 0 Å². The third kappa shape index (κ3) is 3.27. The quantitative estimate of drug-likeness (QED) is 0.804. The Morgan fingerprint density at radius 3 is 3.25 bits per heavy atom. The van der Waals surface area contributed by atoms with E-state index < -0.39 is 0 Å². The molecule has 1 aromatic rings. The molecule has 2 heterocycles. The summed E-state index contributed by atoms with van der Waals surface area (Å²) in [7, 11) is 0. The van der Waals surface area contributed by atoms with Crippen molar-refractivity contribution < 1.29 is 4.74 Å². The molecular formula is C12H20N2OS. The molecule has 1 unspecified atom stereocenters. The minimum absolute atomic E-state index is 0.477. The first kappa shape index (κ1) is 12.0. The van der Waals surface area contributed by atoms with Gasteiger partial charge in [0.25, 0.3) is 0 Å². The Balaban J connectivity index is 1.85. The highest BCUT2D eigenvalue weighted by atomic mass is 32.1. The summed E-state index contributed by atoms with van der Waals surface area (Å²) in [5.41, 5.74) is 1.21. The number of hydrogen-bond donors (Lipinski definition) is 1. The number of rotatable bonds is 5. The van der Waals surface area contributed by atoms with Gasteiger partial charge in [-0.2, -0.15) is 0 Å². The minimum atomic E-state index is 0.477. The van der Waals surface area contributed by atoms with Crippen molar-refractivity contribution in [2.45, 2.75) is 45.3 Å². The van der Waals surface area contributed by atoms with Gasteiger partial charge in [0, 0.05) is 12.0 Å². The van der Waals surface area contributed by atoms with Crippen LogP contribution in [0.2, 0.25) is 0 Å². The summed E-state index contributed by atoms with van der Waals surface area (Å²) in [6.07, 6.45) is 4.91. The second-order valence-electron chi connectivity index (χ2n) is 4.22. The Kier molecular flexibility index (Phi) is 4.75. The van der Waals surface area contributed by atoms with E-state index in [1.165, 1.54) is 25.0 Å². The van der Waals surface area contributed by atoms with Gasteiger partial charge in [-0.25, -0.2) is 4.98 Å². The molecule has 0 aliphatic carbocycles. The third-order valence-electron chi connectivity index (χ3n) is 2.81. The highest BCUT2D eigenvalue weighted by Gasteiger charge is 2.17. The predicted octanol–water partition coefficient (Wildman–Crippen LogP) is 2.88. The monoisotopic (exact) mass is 240 g/mol. The van der Waals surface area contributed by atoms with Crippen LogP contribution in [0, 0.1) is 0 Å². The second-order valence-corrected chi connectivity index (χ2v) is 5.16. The van der Waals surface area contributed by atoms with Crippen molar-refractivity contribution in [1.82, 2.24) is 10.3 Å². The van der Waals surface area contributed by atoms with E-state index in [-0.39, 0.29) is 0 Å². The second kappa shape index (κ2) is 6.33. The maximum Gasteiger partial charge on any atom is 0.119 e. The normalized spacial score (nSPS) is 21.2. The molecule has 1 saturated heterocycles. The van der Waals surface area contributed by atoms with E-state index in [0.717, 1.165) is 24.6 Å². The van der Waals surface area contributed by atoms with Gasteiger partial charge in [-0.1, -0.05) is 13.3 Å². The zero-order valence-electron chi connectivity index (χ0n) is 9.87. The molecule has 0 bridgehead atoms. The van der Waals surface area contributed by atoms with E-state index >= 15 is 0 Å². The highest BCUT2D eigenvalue weighted by molar-refractivity contribution is 7.09. The number of aromatic nitrogens is 1. The SMILES string of the molecule is CCCOCc1nc(C2CCCCN2)cs1. The fourth-order valence-electron chi connectivity index (χ4n) is 1.96. The fourth-order valence-corrected chi connectivity index (χ4v) is 2.74. The summed E-state index contributed by atoms with van der Waals surface area (Å²) in [5.74, 6) is 0. The molecule has 0 spiro atoms. The van der Waals surface area contributed by atoms with Gasteiger partial charge in [-0.05, 0) is 25.8 Å². The molecule has 1 fully saturated rings. The van der Waals surface area contributed by atoms with E-state index in [0.29, 0.717) is 12.6 Å². The largest absolute Gasteiger partial charge is 0.374 e.